The number of likely N-dealkylation sites (N-methyl/N-ethyl adjacent to an activating group) is 1. The molecule has 1 saturated heterocycles. The van der Waals surface area contributed by atoms with E-state index in [1.165, 1.54) is 11.9 Å². The van der Waals surface area contributed by atoms with Crippen molar-refractivity contribution in [3.63, 3.8) is 0 Å². The second-order valence-electron chi connectivity index (χ2n) is 4.30. The number of nitrogens with one attached hydrogen (secondary N) is 2. The zero-order valence-electron chi connectivity index (χ0n) is 10.8. The van der Waals surface area contributed by atoms with Crippen LogP contribution in [0.3, 0.4) is 0 Å². The molecule has 3 N–H and O–H groups in total. The smallest absolute Gasteiger partial charge is 0.311 e. The van der Waals surface area contributed by atoms with Gasteiger partial charge in [0.15, 0.2) is 0 Å². The molecular weight excluding hydrogens is 236 g/mol. The monoisotopic (exact) mass is 258 g/mol. The molecular formula is C11H22N4O3. The first-order valence-electron chi connectivity index (χ1n) is 6.22. The highest BCUT2D eigenvalue weighted by Gasteiger charge is 2.18. The van der Waals surface area contributed by atoms with Gasteiger partial charge in [-0.2, -0.15) is 0 Å². The summed E-state index contributed by atoms with van der Waals surface area (Å²) in [5, 5.41) is 14.5. The molecule has 0 bridgehead atoms. The first-order valence-corrected chi connectivity index (χ1v) is 6.22. The van der Waals surface area contributed by atoms with E-state index >= 15 is 0 Å². The minimum absolute atomic E-state index is 0.143. The van der Waals surface area contributed by atoms with Gasteiger partial charge in [-0.05, 0) is 0 Å². The maximum atomic E-state index is 11.5. The van der Waals surface area contributed by atoms with E-state index in [0.717, 1.165) is 32.7 Å². The molecule has 0 aromatic carbocycles. The molecule has 0 atom stereocenters. The van der Waals surface area contributed by atoms with Crippen molar-refractivity contribution in [3.8, 4) is 0 Å². The summed E-state index contributed by atoms with van der Waals surface area (Å²) in [5.41, 5.74) is 0. The summed E-state index contributed by atoms with van der Waals surface area (Å²) in [5.74, 6) is -1.22. The predicted molar refractivity (Wildman–Crippen MR) is 67.0 cm³/mol. The number of rotatable bonds is 5. The summed E-state index contributed by atoms with van der Waals surface area (Å²) in [7, 11) is 1.49. The van der Waals surface area contributed by atoms with Gasteiger partial charge in [-0.1, -0.05) is 0 Å². The van der Waals surface area contributed by atoms with Crippen LogP contribution in [-0.4, -0.2) is 86.2 Å². The third-order valence-electron chi connectivity index (χ3n) is 2.90. The van der Waals surface area contributed by atoms with E-state index in [1.54, 1.807) is 0 Å². The minimum atomic E-state index is -0.610. The lowest BCUT2D eigenvalue weighted by atomic mass is 10.3. The second kappa shape index (κ2) is 8.02. The fourth-order valence-corrected chi connectivity index (χ4v) is 1.76. The predicted octanol–water partition coefficient (Wildman–Crippen LogP) is -2.54. The third-order valence-corrected chi connectivity index (χ3v) is 2.90. The molecule has 1 heterocycles. The number of hydrogen-bond acceptors (Lipinski definition) is 5. The molecule has 0 aromatic heterocycles. The molecule has 0 aliphatic carbocycles. The number of hydrogen-bond donors (Lipinski definition) is 3. The van der Waals surface area contributed by atoms with Gasteiger partial charge < -0.3 is 20.6 Å². The van der Waals surface area contributed by atoms with Crippen molar-refractivity contribution in [1.29, 1.82) is 0 Å². The van der Waals surface area contributed by atoms with E-state index < -0.39 is 11.8 Å². The molecule has 0 aromatic rings. The first-order chi connectivity index (χ1) is 8.65. The average molecular weight is 258 g/mol. The zero-order valence-corrected chi connectivity index (χ0v) is 10.8. The van der Waals surface area contributed by atoms with Crippen molar-refractivity contribution in [2.75, 3.05) is 59.5 Å². The van der Waals surface area contributed by atoms with Crippen LogP contribution in [0.4, 0.5) is 0 Å². The highest BCUT2D eigenvalue weighted by atomic mass is 16.3. The Morgan fingerprint density at radius 2 is 2.06 bits per heavy atom. The van der Waals surface area contributed by atoms with Crippen LogP contribution >= 0.6 is 0 Å². The molecule has 104 valence electrons. The lowest BCUT2D eigenvalue weighted by Crippen LogP contribution is -2.48. The highest BCUT2D eigenvalue weighted by Crippen LogP contribution is 1.90. The van der Waals surface area contributed by atoms with E-state index in [0.29, 0.717) is 6.54 Å². The third kappa shape index (κ3) is 4.99. The minimum Gasteiger partial charge on any atom is -0.395 e. The Balaban J connectivity index is 2.17. The molecule has 1 rings (SSSR count). The Labute approximate surface area is 107 Å². The number of nitrogens with zero attached hydrogens (tertiary/aromatic N) is 2. The fourth-order valence-electron chi connectivity index (χ4n) is 1.76. The molecule has 0 radical (unpaired) electrons. The SMILES string of the molecule is CN(CCO)C(=O)C(=O)NCCN1CCNCC1. The Hall–Kier alpha value is -1.18. The zero-order chi connectivity index (χ0) is 13.4. The Bertz CT molecular complexity index is 279. The van der Waals surface area contributed by atoms with Crippen LogP contribution in [-0.2, 0) is 9.59 Å². The van der Waals surface area contributed by atoms with E-state index in [2.05, 4.69) is 15.5 Å². The maximum Gasteiger partial charge on any atom is 0.311 e. The molecule has 0 spiro atoms. The van der Waals surface area contributed by atoms with Crippen LogP contribution in [0.2, 0.25) is 0 Å². The molecule has 1 aliphatic heterocycles. The van der Waals surface area contributed by atoms with Crippen LogP contribution in [0.15, 0.2) is 0 Å². The molecule has 0 saturated carbocycles. The van der Waals surface area contributed by atoms with E-state index in [1.807, 2.05) is 0 Å². The Morgan fingerprint density at radius 1 is 1.39 bits per heavy atom. The van der Waals surface area contributed by atoms with Crippen molar-refractivity contribution in [3.05, 3.63) is 0 Å². The van der Waals surface area contributed by atoms with Crippen LogP contribution in [0, 0.1) is 0 Å². The van der Waals surface area contributed by atoms with Gasteiger partial charge in [0.25, 0.3) is 0 Å². The molecule has 7 nitrogen and oxygen atoms in total. The molecule has 1 aliphatic rings. The largest absolute Gasteiger partial charge is 0.395 e. The lowest BCUT2D eigenvalue weighted by molar-refractivity contribution is -0.145. The highest BCUT2D eigenvalue weighted by molar-refractivity contribution is 6.34. The number of aliphatic hydroxyl groups excluding tert-OH is 1. The van der Waals surface area contributed by atoms with Gasteiger partial charge in [0.2, 0.25) is 0 Å². The van der Waals surface area contributed by atoms with Crippen LogP contribution in [0.1, 0.15) is 0 Å². The Kier molecular flexibility index (Phi) is 6.63. The lowest BCUT2D eigenvalue weighted by Gasteiger charge is -2.27. The van der Waals surface area contributed by atoms with Crippen molar-refractivity contribution in [1.82, 2.24) is 20.4 Å². The van der Waals surface area contributed by atoms with Gasteiger partial charge in [-0.15, -0.1) is 0 Å². The van der Waals surface area contributed by atoms with E-state index in [4.69, 9.17) is 5.11 Å². The summed E-state index contributed by atoms with van der Waals surface area (Å²) < 4.78 is 0. The van der Waals surface area contributed by atoms with Gasteiger partial charge in [0.05, 0.1) is 6.61 Å². The average Bonchev–Trinajstić information content (AvgIpc) is 2.39. The number of aliphatic hydroxyl groups is 1. The topological polar surface area (TPSA) is 84.9 Å². The first kappa shape index (κ1) is 14.9. The summed E-state index contributed by atoms with van der Waals surface area (Å²) >= 11 is 0. The molecule has 1 fully saturated rings. The van der Waals surface area contributed by atoms with Crippen LogP contribution < -0.4 is 10.6 Å². The molecule has 2 amide bonds. The molecule has 7 heteroatoms. The number of amides is 2. The van der Waals surface area contributed by atoms with Crippen LogP contribution in [0.25, 0.3) is 0 Å². The van der Waals surface area contributed by atoms with Crippen molar-refractivity contribution >= 4 is 11.8 Å². The fraction of sp³-hybridized carbons (Fsp3) is 0.818. The molecule has 0 unspecified atom stereocenters. The Morgan fingerprint density at radius 3 is 2.67 bits per heavy atom. The quantitative estimate of drug-likeness (QED) is 0.473. The van der Waals surface area contributed by atoms with Crippen molar-refractivity contribution in [2.45, 2.75) is 0 Å². The van der Waals surface area contributed by atoms with Gasteiger partial charge in [-0.3, -0.25) is 14.5 Å². The van der Waals surface area contributed by atoms with Crippen molar-refractivity contribution < 1.29 is 14.7 Å². The van der Waals surface area contributed by atoms with Crippen LogP contribution in [0.5, 0.6) is 0 Å². The summed E-state index contributed by atoms with van der Waals surface area (Å²) in [6, 6.07) is 0. The van der Waals surface area contributed by atoms with E-state index in [9.17, 15) is 9.59 Å². The van der Waals surface area contributed by atoms with E-state index in [-0.39, 0.29) is 13.2 Å². The van der Waals surface area contributed by atoms with Gasteiger partial charge in [0.1, 0.15) is 0 Å². The number of piperazine rings is 1. The summed E-state index contributed by atoms with van der Waals surface area (Å²) in [6.45, 7) is 5.11. The number of carbonyl (C=O) groups excluding carboxylic acids is 2. The number of carbonyl (C=O) groups is 2. The van der Waals surface area contributed by atoms with Crippen molar-refractivity contribution in [2.24, 2.45) is 0 Å². The molecule has 18 heavy (non-hydrogen) atoms. The normalized spacial score (nSPS) is 16.3. The van der Waals surface area contributed by atoms with Gasteiger partial charge in [-0.25, -0.2) is 0 Å². The summed E-state index contributed by atoms with van der Waals surface area (Å²) in [4.78, 5) is 26.4. The standard InChI is InChI=1S/C11H22N4O3/c1-14(8-9-16)11(18)10(17)13-4-7-15-5-2-12-3-6-15/h12,16H,2-9H2,1H3,(H,13,17). The second-order valence-corrected chi connectivity index (χ2v) is 4.30. The summed E-state index contributed by atoms with van der Waals surface area (Å²) in [6.07, 6.45) is 0. The van der Waals surface area contributed by atoms with Gasteiger partial charge >= 0.3 is 11.8 Å². The maximum absolute atomic E-state index is 11.5. The van der Waals surface area contributed by atoms with Gasteiger partial charge in [0, 0.05) is 52.9 Å².